The molecule has 11 heteroatoms. The molecular weight excluding hydrogens is 528 g/mol. The van der Waals surface area contributed by atoms with E-state index >= 15 is 0 Å². The molecule has 7 nitrogen and oxygen atoms in total. The highest BCUT2D eigenvalue weighted by molar-refractivity contribution is 7.92. The number of carbonyl (C=O) groups excluding carboxylic acids is 2. The van der Waals surface area contributed by atoms with Crippen LogP contribution in [-0.2, 0) is 26.2 Å². The lowest BCUT2D eigenvalue weighted by molar-refractivity contribution is -0.141. The number of nitrogens with one attached hydrogen (secondary N) is 1. The third-order valence-corrected chi connectivity index (χ3v) is 7.35. The minimum absolute atomic E-state index is 0.0484. The van der Waals surface area contributed by atoms with Crippen molar-refractivity contribution in [2.75, 3.05) is 17.1 Å². The minimum Gasteiger partial charge on any atom is -0.352 e. The Morgan fingerprint density at radius 1 is 1.08 bits per heavy atom. The van der Waals surface area contributed by atoms with Gasteiger partial charge in [-0.3, -0.25) is 13.9 Å². The number of anilines is 1. The summed E-state index contributed by atoms with van der Waals surface area (Å²) in [7, 11) is -3.79. The van der Waals surface area contributed by atoms with Crippen molar-refractivity contribution in [1.29, 1.82) is 0 Å². The molecule has 1 N–H and O–H groups in total. The first kappa shape index (κ1) is 29.9. The molecule has 198 valence electrons. The van der Waals surface area contributed by atoms with Gasteiger partial charge in [0.2, 0.25) is 21.8 Å². The lowest BCUT2D eigenvalue weighted by atomic mass is 10.1. The molecular formula is C25H32Cl2FN3O4S. The maximum Gasteiger partial charge on any atom is 0.243 e. The van der Waals surface area contributed by atoms with Crippen molar-refractivity contribution in [3.8, 4) is 0 Å². The molecule has 0 aliphatic carbocycles. The molecule has 0 spiro atoms. The Morgan fingerprint density at radius 2 is 1.75 bits per heavy atom. The van der Waals surface area contributed by atoms with Gasteiger partial charge in [-0.2, -0.15) is 0 Å². The Kier molecular flexibility index (Phi) is 11.0. The maximum atomic E-state index is 14.3. The third kappa shape index (κ3) is 8.35. The number of sulfonamides is 1. The number of carbonyl (C=O) groups is 2. The molecule has 0 aromatic heterocycles. The van der Waals surface area contributed by atoms with Crippen LogP contribution in [0.2, 0.25) is 10.0 Å². The molecule has 0 saturated carbocycles. The predicted octanol–water partition coefficient (Wildman–Crippen LogP) is 5.01. The molecule has 1 atom stereocenters. The molecule has 2 aromatic carbocycles. The van der Waals surface area contributed by atoms with Crippen LogP contribution in [0.3, 0.4) is 0 Å². The van der Waals surface area contributed by atoms with Gasteiger partial charge in [-0.05, 0) is 56.5 Å². The zero-order chi connectivity index (χ0) is 27.0. The third-order valence-electron chi connectivity index (χ3n) is 5.43. The van der Waals surface area contributed by atoms with Crippen molar-refractivity contribution in [3.05, 3.63) is 63.9 Å². The van der Waals surface area contributed by atoms with E-state index in [0.29, 0.717) is 22.0 Å². The second-order valence-electron chi connectivity index (χ2n) is 8.75. The summed E-state index contributed by atoms with van der Waals surface area (Å²) in [5, 5.41) is 3.55. The molecule has 2 aromatic rings. The van der Waals surface area contributed by atoms with E-state index < -0.39 is 21.9 Å². The fraction of sp³-hybridized carbons (Fsp3) is 0.440. The van der Waals surface area contributed by atoms with Gasteiger partial charge in [0.25, 0.3) is 0 Å². The Bertz CT molecular complexity index is 1180. The first-order valence-corrected chi connectivity index (χ1v) is 14.2. The molecule has 0 radical (unpaired) electrons. The van der Waals surface area contributed by atoms with Crippen LogP contribution in [0.5, 0.6) is 0 Å². The van der Waals surface area contributed by atoms with Gasteiger partial charge in [0.05, 0.1) is 22.0 Å². The van der Waals surface area contributed by atoms with Crippen molar-refractivity contribution in [1.82, 2.24) is 10.2 Å². The summed E-state index contributed by atoms with van der Waals surface area (Å²) in [5.74, 6) is -1.30. The van der Waals surface area contributed by atoms with Gasteiger partial charge in [0.15, 0.2) is 0 Å². The fourth-order valence-corrected chi connectivity index (χ4v) is 5.06. The van der Waals surface area contributed by atoms with Crippen molar-refractivity contribution in [2.45, 2.75) is 58.7 Å². The topological polar surface area (TPSA) is 86.8 Å². The summed E-state index contributed by atoms with van der Waals surface area (Å²) in [6.07, 6.45) is 1.44. The van der Waals surface area contributed by atoms with Crippen LogP contribution in [0.1, 0.15) is 45.6 Å². The average molecular weight is 561 g/mol. The molecule has 0 bridgehead atoms. The molecule has 0 unspecified atom stereocenters. The second-order valence-corrected chi connectivity index (χ2v) is 11.5. The Morgan fingerprint density at radius 3 is 2.31 bits per heavy atom. The normalized spacial score (nSPS) is 12.3. The van der Waals surface area contributed by atoms with E-state index in [1.54, 1.807) is 24.3 Å². The van der Waals surface area contributed by atoms with E-state index in [1.807, 2.05) is 20.8 Å². The first-order valence-electron chi connectivity index (χ1n) is 11.6. The fourth-order valence-electron chi connectivity index (χ4n) is 3.77. The number of para-hydroxylation sites is 1. The van der Waals surface area contributed by atoms with Crippen molar-refractivity contribution >= 4 is 50.7 Å². The lowest BCUT2D eigenvalue weighted by Crippen LogP contribution is -2.50. The van der Waals surface area contributed by atoms with Crippen LogP contribution in [0, 0.1) is 5.82 Å². The number of halogens is 3. The van der Waals surface area contributed by atoms with Gasteiger partial charge in [0.1, 0.15) is 11.9 Å². The number of hydrogen-bond donors (Lipinski definition) is 1. The molecule has 0 aliphatic rings. The standard InChI is InChI=1S/C25H32Cl2FN3O4S/c1-5-22(25(33)29-17(2)3)30(16-18-12-13-19(26)20(27)15-18)24(32)11-8-14-31(36(4,34)35)23-10-7-6-9-21(23)28/h6-7,9-10,12-13,15,17,22H,5,8,11,14,16H2,1-4H3,(H,29,33)/t22-/m0/s1. The van der Waals surface area contributed by atoms with E-state index in [0.717, 1.165) is 10.6 Å². The largest absolute Gasteiger partial charge is 0.352 e. The van der Waals surface area contributed by atoms with Gasteiger partial charge in [-0.15, -0.1) is 0 Å². The van der Waals surface area contributed by atoms with E-state index in [9.17, 15) is 22.4 Å². The number of benzene rings is 2. The van der Waals surface area contributed by atoms with E-state index in [4.69, 9.17) is 23.2 Å². The van der Waals surface area contributed by atoms with Gasteiger partial charge < -0.3 is 10.2 Å². The van der Waals surface area contributed by atoms with Crippen LogP contribution in [0.25, 0.3) is 0 Å². The molecule has 0 aliphatic heterocycles. The summed E-state index contributed by atoms with van der Waals surface area (Å²) in [6, 6.07) is 9.69. The van der Waals surface area contributed by atoms with E-state index in [2.05, 4.69) is 5.32 Å². The van der Waals surface area contributed by atoms with Gasteiger partial charge >= 0.3 is 0 Å². The van der Waals surface area contributed by atoms with Crippen LogP contribution in [0.15, 0.2) is 42.5 Å². The van der Waals surface area contributed by atoms with Crippen molar-refractivity contribution < 1.29 is 22.4 Å². The molecule has 0 fully saturated rings. The maximum absolute atomic E-state index is 14.3. The van der Waals surface area contributed by atoms with Gasteiger partial charge in [-0.1, -0.05) is 48.3 Å². The molecule has 0 heterocycles. The molecule has 2 rings (SSSR count). The smallest absolute Gasteiger partial charge is 0.243 e. The highest BCUT2D eigenvalue weighted by atomic mass is 35.5. The zero-order valence-electron chi connectivity index (χ0n) is 20.8. The summed E-state index contributed by atoms with van der Waals surface area (Å²) >= 11 is 12.2. The number of hydrogen-bond acceptors (Lipinski definition) is 4. The summed E-state index contributed by atoms with van der Waals surface area (Å²) < 4.78 is 39.9. The SMILES string of the molecule is CC[C@@H](C(=O)NC(C)C)N(Cc1ccc(Cl)c(Cl)c1)C(=O)CCCN(c1ccccc1F)S(C)(=O)=O. The zero-order valence-corrected chi connectivity index (χ0v) is 23.1. The van der Waals surface area contributed by atoms with Crippen LogP contribution < -0.4 is 9.62 Å². The highest BCUT2D eigenvalue weighted by Crippen LogP contribution is 2.25. The summed E-state index contributed by atoms with van der Waals surface area (Å²) in [4.78, 5) is 27.7. The van der Waals surface area contributed by atoms with E-state index in [-0.39, 0.29) is 49.5 Å². The summed E-state index contributed by atoms with van der Waals surface area (Å²) in [5.41, 5.74) is 0.612. The van der Waals surface area contributed by atoms with Crippen molar-refractivity contribution in [2.24, 2.45) is 0 Å². The minimum atomic E-state index is -3.79. The van der Waals surface area contributed by atoms with Gasteiger partial charge in [-0.25, -0.2) is 12.8 Å². The monoisotopic (exact) mass is 559 g/mol. The lowest BCUT2D eigenvalue weighted by Gasteiger charge is -2.31. The quantitative estimate of drug-likeness (QED) is 0.396. The van der Waals surface area contributed by atoms with Crippen molar-refractivity contribution in [3.63, 3.8) is 0 Å². The molecule has 2 amide bonds. The summed E-state index contributed by atoms with van der Waals surface area (Å²) in [6.45, 7) is 5.49. The number of nitrogens with zero attached hydrogens (tertiary/aromatic N) is 2. The van der Waals surface area contributed by atoms with Crippen LogP contribution in [0.4, 0.5) is 10.1 Å². The van der Waals surface area contributed by atoms with Crippen LogP contribution in [-0.4, -0.2) is 50.0 Å². The Labute approximate surface area is 222 Å². The number of rotatable bonds is 12. The van der Waals surface area contributed by atoms with E-state index in [1.165, 1.54) is 23.1 Å². The van der Waals surface area contributed by atoms with Crippen LogP contribution >= 0.6 is 23.2 Å². The highest BCUT2D eigenvalue weighted by Gasteiger charge is 2.29. The van der Waals surface area contributed by atoms with Gasteiger partial charge in [0, 0.05) is 25.6 Å². The average Bonchev–Trinajstić information content (AvgIpc) is 2.78. The first-order chi connectivity index (χ1) is 16.8. The Balaban J connectivity index is 2.26. The molecule has 0 saturated heterocycles. The number of amides is 2. The second kappa shape index (κ2) is 13.3. The predicted molar refractivity (Wildman–Crippen MR) is 142 cm³/mol. The molecule has 36 heavy (non-hydrogen) atoms. The Hall–Kier alpha value is -2.36.